The number of ether oxygens (including phenoxy) is 1. The Morgan fingerprint density at radius 2 is 1.88 bits per heavy atom. The van der Waals surface area contributed by atoms with Gasteiger partial charge in [0.2, 0.25) is 0 Å². The number of halogens is 2. The number of aromatic nitrogens is 2. The molecule has 84 valence electrons. The van der Waals surface area contributed by atoms with E-state index >= 15 is 0 Å². The van der Waals surface area contributed by atoms with Crippen LogP contribution in [-0.4, -0.2) is 16.4 Å². The van der Waals surface area contributed by atoms with E-state index < -0.39 is 6.61 Å². The fourth-order valence-electron chi connectivity index (χ4n) is 1.30. The van der Waals surface area contributed by atoms with E-state index in [1.807, 2.05) is 0 Å². The summed E-state index contributed by atoms with van der Waals surface area (Å²) in [5.74, 6) is 0.0540. The fourth-order valence-corrected chi connectivity index (χ4v) is 1.30. The number of rotatable bonds is 3. The van der Waals surface area contributed by atoms with E-state index in [0.717, 1.165) is 0 Å². The summed E-state index contributed by atoms with van der Waals surface area (Å²) in [7, 11) is 0. The normalized spacial score (nSPS) is 10.7. The van der Waals surface area contributed by atoms with Gasteiger partial charge in [0.05, 0.1) is 5.69 Å². The molecule has 0 spiro atoms. The molecule has 0 bridgehead atoms. The van der Waals surface area contributed by atoms with Crippen LogP contribution in [0.5, 0.6) is 5.75 Å². The van der Waals surface area contributed by atoms with Crippen molar-refractivity contribution in [2.45, 2.75) is 6.61 Å². The molecule has 0 amide bonds. The molecule has 4 nitrogen and oxygen atoms in total. The Morgan fingerprint density at radius 3 is 2.38 bits per heavy atom. The van der Waals surface area contributed by atoms with Gasteiger partial charge in [0.15, 0.2) is 0 Å². The number of H-pyrrole nitrogens is 1. The van der Waals surface area contributed by atoms with Crippen LogP contribution >= 0.6 is 0 Å². The first-order chi connectivity index (χ1) is 7.66. The Hall–Kier alpha value is -2.11. The van der Waals surface area contributed by atoms with Gasteiger partial charge in [-0.15, -0.1) is 0 Å². The third kappa shape index (κ3) is 2.10. The molecule has 0 saturated heterocycles. The van der Waals surface area contributed by atoms with Crippen LogP contribution in [0.1, 0.15) is 0 Å². The molecule has 1 aromatic heterocycles. The van der Waals surface area contributed by atoms with Crippen LogP contribution in [0.3, 0.4) is 0 Å². The standard InChI is InChI=1S/C10H8F2N2O2/c11-10(12)16-8-3-1-7(2-4-8)14-9(15)5-6-13-14/h1-6,10,13H. The van der Waals surface area contributed by atoms with Gasteiger partial charge in [0, 0.05) is 12.3 Å². The maximum absolute atomic E-state index is 11.9. The molecule has 0 radical (unpaired) electrons. The second kappa shape index (κ2) is 4.18. The zero-order valence-corrected chi connectivity index (χ0v) is 8.06. The van der Waals surface area contributed by atoms with Gasteiger partial charge >= 0.3 is 6.61 Å². The van der Waals surface area contributed by atoms with Gasteiger partial charge in [-0.25, -0.2) is 4.68 Å². The van der Waals surface area contributed by atoms with Crippen molar-refractivity contribution in [3.05, 3.63) is 46.9 Å². The average Bonchev–Trinajstić information content (AvgIpc) is 2.65. The molecule has 1 heterocycles. The summed E-state index contributed by atoms with van der Waals surface area (Å²) < 4.78 is 29.2. The van der Waals surface area contributed by atoms with Gasteiger partial charge in [-0.05, 0) is 24.3 Å². The highest BCUT2D eigenvalue weighted by Gasteiger charge is 2.04. The molecule has 0 aliphatic carbocycles. The Kier molecular flexibility index (Phi) is 2.72. The molecule has 1 aromatic carbocycles. The quantitative estimate of drug-likeness (QED) is 0.866. The Balaban J connectivity index is 2.26. The molecule has 16 heavy (non-hydrogen) atoms. The molecule has 0 fully saturated rings. The van der Waals surface area contributed by atoms with Crippen LogP contribution < -0.4 is 10.3 Å². The van der Waals surface area contributed by atoms with Crippen LogP contribution in [0.15, 0.2) is 41.3 Å². The highest BCUT2D eigenvalue weighted by Crippen LogP contribution is 2.15. The molecule has 0 aliphatic rings. The number of nitrogens with one attached hydrogen (secondary N) is 1. The minimum Gasteiger partial charge on any atom is -0.435 e. The molecule has 2 aromatic rings. The summed E-state index contributed by atoms with van der Waals surface area (Å²) in [6.45, 7) is -2.85. The third-order valence-electron chi connectivity index (χ3n) is 1.97. The molecule has 0 aliphatic heterocycles. The van der Waals surface area contributed by atoms with Crippen LogP contribution in [0.4, 0.5) is 8.78 Å². The smallest absolute Gasteiger partial charge is 0.387 e. The minimum atomic E-state index is -2.85. The topological polar surface area (TPSA) is 47.0 Å². The lowest BCUT2D eigenvalue weighted by molar-refractivity contribution is -0.0498. The lowest BCUT2D eigenvalue weighted by Crippen LogP contribution is -2.13. The predicted molar refractivity (Wildman–Crippen MR) is 53.0 cm³/mol. The Labute approximate surface area is 89.1 Å². The first-order valence-electron chi connectivity index (χ1n) is 4.48. The summed E-state index contributed by atoms with van der Waals surface area (Å²) in [6, 6.07) is 7.12. The van der Waals surface area contributed by atoms with Crippen LogP contribution in [-0.2, 0) is 0 Å². The maximum Gasteiger partial charge on any atom is 0.387 e. The maximum atomic E-state index is 11.9. The highest BCUT2D eigenvalue weighted by molar-refractivity contribution is 5.36. The van der Waals surface area contributed by atoms with Crippen molar-refractivity contribution in [3.8, 4) is 11.4 Å². The van der Waals surface area contributed by atoms with Gasteiger partial charge in [-0.2, -0.15) is 8.78 Å². The van der Waals surface area contributed by atoms with Crippen molar-refractivity contribution in [1.29, 1.82) is 0 Å². The van der Waals surface area contributed by atoms with E-state index in [-0.39, 0.29) is 11.3 Å². The monoisotopic (exact) mass is 226 g/mol. The van der Waals surface area contributed by atoms with Crippen LogP contribution in [0.25, 0.3) is 5.69 Å². The molecule has 1 N–H and O–H groups in total. The Morgan fingerprint density at radius 1 is 1.19 bits per heavy atom. The molecular formula is C10H8F2N2O2. The van der Waals surface area contributed by atoms with E-state index in [1.54, 1.807) is 0 Å². The third-order valence-corrected chi connectivity index (χ3v) is 1.97. The van der Waals surface area contributed by atoms with Gasteiger partial charge in [0.1, 0.15) is 5.75 Å². The number of hydrogen-bond donors (Lipinski definition) is 1. The zero-order valence-electron chi connectivity index (χ0n) is 8.06. The number of nitrogens with zero attached hydrogens (tertiary/aromatic N) is 1. The predicted octanol–water partition coefficient (Wildman–Crippen LogP) is 1.77. The van der Waals surface area contributed by atoms with Crippen molar-refractivity contribution in [3.63, 3.8) is 0 Å². The SMILES string of the molecule is O=c1cc[nH]n1-c1ccc(OC(F)F)cc1. The van der Waals surface area contributed by atoms with Crippen LogP contribution in [0, 0.1) is 0 Å². The number of alkyl halides is 2. The van der Waals surface area contributed by atoms with Crippen molar-refractivity contribution in [2.24, 2.45) is 0 Å². The van der Waals surface area contributed by atoms with E-state index in [0.29, 0.717) is 5.69 Å². The van der Waals surface area contributed by atoms with E-state index in [4.69, 9.17) is 0 Å². The van der Waals surface area contributed by atoms with Gasteiger partial charge in [-0.1, -0.05) is 0 Å². The van der Waals surface area contributed by atoms with E-state index in [2.05, 4.69) is 9.84 Å². The summed E-state index contributed by atoms with van der Waals surface area (Å²) in [5.41, 5.74) is 0.333. The fraction of sp³-hybridized carbons (Fsp3) is 0.100. The number of benzene rings is 1. The highest BCUT2D eigenvalue weighted by atomic mass is 19.3. The van der Waals surface area contributed by atoms with Gasteiger partial charge in [0.25, 0.3) is 5.56 Å². The largest absolute Gasteiger partial charge is 0.435 e. The van der Waals surface area contributed by atoms with E-state index in [1.165, 1.54) is 41.2 Å². The first kappa shape index (κ1) is 10.4. The minimum absolute atomic E-state index is 0.0540. The van der Waals surface area contributed by atoms with Crippen molar-refractivity contribution in [1.82, 2.24) is 9.78 Å². The number of aromatic amines is 1. The summed E-state index contributed by atoms with van der Waals surface area (Å²) in [4.78, 5) is 11.3. The van der Waals surface area contributed by atoms with Crippen LogP contribution in [0.2, 0.25) is 0 Å². The molecule has 2 rings (SSSR count). The first-order valence-corrected chi connectivity index (χ1v) is 4.48. The Bertz CT molecular complexity index is 516. The molecular weight excluding hydrogens is 218 g/mol. The van der Waals surface area contributed by atoms with Crippen molar-refractivity contribution in [2.75, 3.05) is 0 Å². The summed E-state index contributed by atoms with van der Waals surface area (Å²) >= 11 is 0. The van der Waals surface area contributed by atoms with Gasteiger partial charge < -0.3 is 4.74 Å². The zero-order chi connectivity index (χ0) is 11.5. The van der Waals surface area contributed by atoms with Crippen molar-refractivity contribution < 1.29 is 13.5 Å². The van der Waals surface area contributed by atoms with E-state index in [9.17, 15) is 13.6 Å². The van der Waals surface area contributed by atoms with Gasteiger partial charge in [-0.3, -0.25) is 9.89 Å². The molecule has 6 heteroatoms. The summed E-state index contributed by atoms with van der Waals surface area (Å²) in [5, 5.41) is 2.70. The van der Waals surface area contributed by atoms with Crippen molar-refractivity contribution >= 4 is 0 Å². The molecule has 0 atom stereocenters. The average molecular weight is 226 g/mol. The second-order valence-corrected chi connectivity index (χ2v) is 3.01. The lowest BCUT2D eigenvalue weighted by atomic mass is 10.3. The molecule has 0 saturated carbocycles. The molecule has 0 unspecified atom stereocenters. The second-order valence-electron chi connectivity index (χ2n) is 3.01. The summed E-state index contributed by atoms with van der Waals surface area (Å²) in [6.07, 6.45) is 1.49. The lowest BCUT2D eigenvalue weighted by Gasteiger charge is -2.05. The number of hydrogen-bond acceptors (Lipinski definition) is 2.